The smallest absolute Gasteiger partial charge is 0.246 e. The molecule has 4 saturated heterocycles. The van der Waals surface area contributed by atoms with E-state index in [4.69, 9.17) is 44.6 Å². The molecule has 25 atom stereocenters. The van der Waals surface area contributed by atoms with E-state index < -0.39 is 233 Å². The number of hydrogen-bond acceptors (Lipinski definition) is 32. The number of ether oxygens (including phenoxy) is 7. The van der Waals surface area contributed by atoms with Crippen LogP contribution in [0.25, 0.3) is 0 Å². The van der Waals surface area contributed by atoms with Crippen LogP contribution in [0.5, 0.6) is 11.5 Å². The summed E-state index contributed by atoms with van der Waals surface area (Å²) in [6.07, 6.45) is -31.6. The molecule has 578 valence electrons. The molecule has 24 N–H and O–H groups in total. The van der Waals surface area contributed by atoms with Gasteiger partial charge in [-0.05, 0) is 46.5 Å². The molecule has 6 aliphatic heterocycles. The van der Waals surface area contributed by atoms with Crippen molar-refractivity contribution in [3.05, 3.63) is 131 Å². The van der Waals surface area contributed by atoms with Crippen molar-refractivity contribution >= 4 is 47.4 Å². The Morgan fingerprint density at radius 2 is 1.10 bits per heavy atom. The first-order valence-corrected chi connectivity index (χ1v) is 34.1. The van der Waals surface area contributed by atoms with Crippen molar-refractivity contribution in [3.63, 3.8) is 0 Å². The average Bonchev–Trinajstić information content (AvgIpc) is 1.73. The number of hydrogen-bond donors (Lipinski definition) is 22. The molecule has 4 aromatic carbocycles. The van der Waals surface area contributed by atoms with Gasteiger partial charge < -0.3 is 153 Å². The maximum absolute atomic E-state index is 15.2. The van der Waals surface area contributed by atoms with Gasteiger partial charge in [-0.2, -0.15) is 0 Å². The Morgan fingerprint density at radius 3 is 1.76 bits per heavy atom. The summed E-state index contributed by atoms with van der Waals surface area (Å²) in [5.74, 6) is -8.40. The lowest BCUT2D eigenvalue weighted by Gasteiger charge is -2.46. The van der Waals surface area contributed by atoms with E-state index >= 15 is 9.59 Å². The third-order valence-corrected chi connectivity index (χ3v) is 19.1. The predicted octanol–water partition coefficient (Wildman–Crippen LogP) is -9.81. The quantitative estimate of drug-likeness (QED) is 0.0328. The van der Waals surface area contributed by atoms with Crippen LogP contribution < -0.4 is 58.2 Å². The van der Waals surface area contributed by atoms with Crippen molar-refractivity contribution in [3.8, 4) is 11.5 Å². The first-order valence-electron chi connectivity index (χ1n) is 34.1. The van der Waals surface area contributed by atoms with E-state index in [0.29, 0.717) is 17.9 Å². The first-order chi connectivity index (χ1) is 50.8. The van der Waals surface area contributed by atoms with E-state index in [9.17, 15) is 85.6 Å². The summed E-state index contributed by atoms with van der Waals surface area (Å²) in [5, 5.41) is 161. The maximum Gasteiger partial charge on any atom is 0.246 e. The topological polar surface area (TPSA) is 594 Å². The molecule has 0 saturated carbocycles. The number of aliphatic hydroxyl groups excluding tert-OH is 13. The minimum Gasteiger partial charge on any atom is -0.489 e. The molecule has 38 heteroatoms. The van der Waals surface area contributed by atoms with E-state index in [1.165, 1.54) is 24.3 Å². The number of amides is 6. The lowest BCUT2D eigenvalue weighted by Crippen LogP contribution is -2.70. The Balaban J connectivity index is 0.872. The second-order valence-corrected chi connectivity index (χ2v) is 26.3. The van der Waals surface area contributed by atoms with Crippen LogP contribution in [0, 0.1) is 0 Å². The predicted molar refractivity (Wildman–Crippen MR) is 363 cm³/mol. The molecule has 10 rings (SSSR count). The van der Waals surface area contributed by atoms with E-state index in [-0.39, 0.29) is 37.0 Å². The summed E-state index contributed by atoms with van der Waals surface area (Å²) < 4.78 is 41.0. The summed E-state index contributed by atoms with van der Waals surface area (Å²) in [7, 11) is 0. The van der Waals surface area contributed by atoms with Gasteiger partial charge >= 0.3 is 0 Å². The van der Waals surface area contributed by atoms with Gasteiger partial charge in [0, 0.05) is 12.3 Å². The van der Waals surface area contributed by atoms with Crippen LogP contribution in [0.15, 0.2) is 119 Å². The fourth-order valence-electron chi connectivity index (χ4n) is 12.9. The highest BCUT2D eigenvalue weighted by molar-refractivity contribution is 5.98. The van der Waals surface area contributed by atoms with Crippen LogP contribution in [0.1, 0.15) is 35.1 Å². The molecule has 38 nitrogen and oxygen atoms in total. The molecule has 0 radical (unpaired) electrons. The Kier molecular flexibility index (Phi) is 27.2. The molecule has 4 aromatic rings. The molecule has 6 heterocycles. The standard InChI is InChI=1S/C68H90N12O26/c1-30(34-10-6-3-7-11-34)45-61(97)74-37(20-31-12-18-36(19-13-31)102-65-57(94)54(91)58(42(26-83)104-65)106-66-56(93)53(90)51(88)43(105-66)29-100-27-33-14-16-35(17-15-33)101-28-32-8-4-2-5-9-32)60(96)78-46(48(85)38-21-72-67(69)76-38)63(99)79-47(62(98)75-39(24-81)59(95)71-23-44(84)77-45)49(86)40-22-73-68(70)80(40)64-55(92)52(89)50(87)41(25-82)103-64/h2-19,30,37-43,45-58,64-66,81-83,85-94H,20-29H2,1H3,(H2,70,73)(H,71,95)(H,74,97)(H,75,98)(H,77,84)(H,78,96)(H,79,99)(H3,69,72,76)/t30?,37-,38?,39+,40?,41-,42-,43-,45+,46+,47-,48?,49?,50-,51-,52+,53+,54-,55+,56+,57+,58-,64+,65+,66-/m1/s1. The van der Waals surface area contributed by atoms with Crippen LogP contribution in [-0.2, 0) is 72.1 Å². The van der Waals surface area contributed by atoms with Crippen molar-refractivity contribution in [2.75, 3.05) is 46.1 Å². The van der Waals surface area contributed by atoms with Gasteiger partial charge in [-0.1, -0.05) is 91.9 Å². The summed E-state index contributed by atoms with van der Waals surface area (Å²) in [6.45, 7) is -3.11. The van der Waals surface area contributed by atoms with Crippen molar-refractivity contribution in [2.45, 2.75) is 179 Å². The third kappa shape index (κ3) is 18.9. The van der Waals surface area contributed by atoms with Crippen molar-refractivity contribution in [2.24, 2.45) is 21.5 Å². The molecular weight excluding hydrogens is 1400 g/mol. The molecule has 0 aliphatic carbocycles. The van der Waals surface area contributed by atoms with Crippen LogP contribution in [0.2, 0.25) is 0 Å². The van der Waals surface area contributed by atoms with Crippen molar-refractivity contribution in [1.29, 1.82) is 0 Å². The number of guanidine groups is 2. The van der Waals surface area contributed by atoms with Gasteiger partial charge in [0.1, 0.15) is 134 Å². The number of aliphatic imine (C=N–C) groups is 2. The van der Waals surface area contributed by atoms with Gasteiger partial charge in [-0.25, -0.2) is 0 Å². The third-order valence-electron chi connectivity index (χ3n) is 19.1. The van der Waals surface area contributed by atoms with Crippen LogP contribution in [0.4, 0.5) is 0 Å². The summed E-state index contributed by atoms with van der Waals surface area (Å²) in [4.78, 5) is 96.7. The normalized spacial score (nSPS) is 33.8. The molecule has 6 amide bonds. The van der Waals surface area contributed by atoms with Crippen LogP contribution in [-0.4, -0.2) is 311 Å². The monoisotopic (exact) mass is 1490 g/mol. The molecule has 6 aliphatic rings. The van der Waals surface area contributed by atoms with E-state index in [1.54, 1.807) is 61.5 Å². The number of carbonyl (C=O) groups excluding carboxylic acids is 6. The highest BCUT2D eigenvalue weighted by atomic mass is 16.7. The maximum atomic E-state index is 15.2. The Bertz CT molecular complexity index is 3670. The van der Waals surface area contributed by atoms with E-state index in [2.05, 4.69) is 47.2 Å². The van der Waals surface area contributed by atoms with Gasteiger partial charge in [0.05, 0.1) is 64.8 Å². The molecule has 4 fully saturated rings. The molecule has 0 spiro atoms. The minimum absolute atomic E-state index is 0.0280. The summed E-state index contributed by atoms with van der Waals surface area (Å²) >= 11 is 0. The Labute approximate surface area is 605 Å². The number of nitrogens with one attached hydrogen (secondary N) is 7. The zero-order chi connectivity index (χ0) is 76.2. The number of rotatable bonds is 23. The summed E-state index contributed by atoms with van der Waals surface area (Å²) in [6, 6.07) is 17.5. The fraction of sp³-hybridized carbons (Fsp3) is 0.529. The zero-order valence-corrected chi connectivity index (χ0v) is 57.0. The van der Waals surface area contributed by atoms with E-state index in [0.717, 1.165) is 16.0 Å². The number of nitrogens with zero attached hydrogens (tertiary/aromatic N) is 3. The average molecular weight is 1490 g/mol. The lowest BCUT2D eigenvalue weighted by atomic mass is 9.92. The molecular formula is C68H90N12O26. The lowest BCUT2D eigenvalue weighted by molar-refractivity contribution is -0.353. The minimum atomic E-state index is -2.35. The first kappa shape index (κ1) is 79.7. The molecule has 106 heavy (non-hydrogen) atoms. The van der Waals surface area contributed by atoms with Crippen molar-refractivity contribution < 1.29 is 128 Å². The van der Waals surface area contributed by atoms with Crippen molar-refractivity contribution in [1.82, 2.24) is 42.1 Å². The molecule has 0 bridgehead atoms. The molecule has 0 aromatic heterocycles. The highest BCUT2D eigenvalue weighted by Crippen LogP contribution is 2.33. The Hall–Kier alpha value is -8.88. The second-order valence-electron chi connectivity index (χ2n) is 26.3. The summed E-state index contributed by atoms with van der Waals surface area (Å²) in [5.41, 5.74) is 14.6. The molecule has 5 unspecified atom stereocenters. The zero-order valence-electron chi connectivity index (χ0n) is 57.0. The number of benzene rings is 4. The van der Waals surface area contributed by atoms with Crippen LogP contribution in [0.3, 0.4) is 0 Å². The van der Waals surface area contributed by atoms with Gasteiger partial charge in [-0.3, -0.25) is 38.8 Å². The number of carbonyl (C=O) groups is 6. The van der Waals surface area contributed by atoms with Gasteiger partial charge in [-0.15, -0.1) is 0 Å². The second kappa shape index (κ2) is 36.1. The van der Waals surface area contributed by atoms with Gasteiger partial charge in [0.2, 0.25) is 41.7 Å². The van der Waals surface area contributed by atoms with Crippen LogP contribution >= 0.6 is 0 Å². The number of nitrogens with two attached hydrogens (primary N) is 2. The SMILES string of the molecule is CC(c1ccccc1)[C@@H]1NC(=O)CNC(=O)[C@H](CO)NC(=O)[C@@H](C(O)C2CN=C(N)N2[C@H]2O[C@H](CO)[C@@H](O)[C@H](O)[C@@H]2O)NC(=O)[C@H](C(O)C2CN=C(N)N2)NC(=O)[C@@H](Cc2ccc(O[C@H]3O[C@H](CO)[C@@H](O[C@H]4O[C@H](COCc5ccc(OCc6ccccc6)cc5)[C@@H](O)[C@H](O)[C@@H]4O)[C@H](O)[C@@H]3O)cc2)NC1=O. The highest BCUT2D eigenvalue weighted by Gasteiger charge is 2.54. The van der Waals surface area contributed by atoms with Gasteiger partial charge in [0.15, 0.2) is 24.4 Å². The number of aliphatic hydroxyl groups is 13. The van der Waals surface area contributed by atoms with Gasteiger partial charge in [0.25, 0.3) is 0 Å². The largest absolute Gasteiger partial charge is 0.489 e. The Morgan fingerprint density at radius 1 is 0.528 bits per heavy atom. The fourth-order valence-corrected chi connectivity index (χ4v) is 12.9. The van der Waals surface area contributed by atoms with E-state index in [1.807, 2.05) is 30.3 Å².